The fraction of sp³-hybridized carbons (Fsp3) is 0.417. The minimum Gasteiger partial charge on any atom is -0.488 e. The molecule has 0 radical (unpaired) electrons. The van der Waals surface area contributed by atoms with E-state index in [2.05, 4.69) is 26.9 Å². The number of unbranched alkanes of at least 4 members (excludes halogenated alkanes) is 1. The quantitative estimate of drug-likeness (QED) is 0.392. The SMILES string of the molecule is C[C@H](O)c1nccn1Cc1cc(C#Cc2ccc(OC3CN(CCCCO)C3)cc2)on1. The molecule has 0 aliphatic carbocycles. The predicted molar refractivity (Wildman–Crippen MR) is 118 cm³/mol. The summed E-state index contributed by atoms with van der Waals surface area (Å²) in [6.45, 7) is 5.27. The van der Waals surface area contributed by atoms with Crippen LogP contribution in [0, 0.1) is 11.8 Å². The third-order valence-corrected chi connectivity index (χ3v) is 5.31. The largest absolute Gasteiger partial charge is 0.488 e. The van der Waals surface area contributed by atoms with E-state index < -0.39 is 6.10 Å². The van der Waals surface area contributed by atoms with Gasteiger partial charge in [-0.15, -0.1) is 0 Å². The van der Waals surface area contributed by atoms with Crippen molar-refractivity contribution in [1.82, 2.24) is 19.6 Å². The maximum atomic E-state index is 9.76. The number of nitrogens with zero attached hydrogens (tertiary/aromatic N) is 4. The molecule has 3 heterocycles. The van der Waals surface area contributed by atoms with Crippen LogP contribution in [0.1, 0.15) is 48.7 Å². The normalized spacial score (nSPS) is 15.1. The zero-order chi connectivity index (χ0) is 22.3. The van der Waals surface area contributed by atoms with Gasteiger partial charge in [0.05, 0.1) is 6.54 Å². The zero-order valence-corrected chi connectivity index (χ0v) is 18.1. The molecule has 0 unspecified atom stereocenters. The lowest BCUT2D eigenvalue weighted by Gasteiger charge is -2.39. The molecule has 3 aromatic rings. The van der Waals surface area contributed by atoms with E-state index in [0.717, 1.165) is 43.8 Å². The standard InChI is InChI=1S/C24H28N4O4/c1-18(30)24-25-10-12-28(24)15-20-14-22(32-26-20)9-6-19-4-7-21(8-5-19)31-23-16-27(17-23)11-2-3-13-29/h4-5,7-8,10,12,14,18,23,29-30H,2-3,11,13,15-17H2,1H3/t18-/m0/s1. The van der Waals surface area contributed by atoms with E-state index in [-0.39, 0.29) is 12.7 Å². The first-order valence-electron chi connectivity index (χ1n) is 10.9. The molecule has 32 heavy (non-hydrogen) atoms. The summed E-state index contributed by atoms with van der Waals surface area (Å²) in [5, 5.41) is 22.7. The fourth-order valence-corrected chi connectivity index (χ4v) is 3.61. The Morgan fingerprint density at radius 1 is 1.22 bits per heavy atom. The lowest BCUT2D eigenvalue weighted by molar-refractivity contribution is 0.0185. The monoisotopic (exact) mass is 436 g/mol. The number of hydrogen-bond donors (Lipinski definition) is 2. The van der Waals surface area contributed by atoms with Gasteiger partial charge >= 0.3 is 0 Å². The highest BCUT2D eigenvalue weighted by Gasteiger charge is 2.27. The highest BCUT2D eigenvalue weighted by molar-refractivity contribution is 5.42. The van der Waals surface area contributed by atoms with Crippen molar-refractivity contribution in [3.63, 3.8) is 0 Å². The van der Waals surface area contributed by atoms with Crippen LogP contribution in [0.5, 0.6) is 5.75 Å². The third kappa shape index (κ3) is 5.77. The summed E-state index contributed by atoms with van der Waals surface area (Å²) in [7, 11) is 0. The molecular weight excluding hydrogens is 408 g/mol. The van der Waals surface area contributed by atoms with Crippen molar-refractivity contribution in [2.75, 3.05) is 26.2 Å². The van der Waals surface area contributed by atoms with Crippen LogP contribution in [0.3, 0.4) is 0 Å². The van der Waals surface area contributed by atoms with Crippen LogP contribution in [0.15, 0.2) is 47.2 Å². The summed E-state index contributed by atoms with van der Waals surface area (Å²) in [4.78, 5) is 6.49. The summed E-state index contributed by atoms with van der Waals surface area (Å²) < 4.78 is 13.1. The van der Waals surface area contributed by atoms with Crippen LogP contribution >= 0.6 is 0 Å². The summed E-state index contributed by atoms with van der Waals surface area (Å²) in [6, 6.07) is 9.51. The van der Waals surface area contributed by atoms with Gasteiger partial charge in [-0.1, -0.05) is 11.1 Å². The molecule has 0 spiro atoms. The van der Waals surface area contributed by atoms with Crippen LogP contribution in [0.4, 0.5) is 0 Å². The maximum Gasteiger partial charge on any atom is 0.210 e. The van der Waals surface area contributed by atoms with Crippen LogP contribution in [0.2, 0.25) is 0 Å². The van der Waals surface area contributed by atoms with E-state index in [1.807, 2.05) is 28.8 Å². The van der Waals surface area contributed by atoms with Gasteiger partial charge in [0.15, 0.2) is 0 Å². The van der Waals surface area contributed by atoms with Gasteiger partial charge in [-0.2, -0.15) is 0 Å². The van der Waals surface area contributed by atoms with Gasteiger partial charge in [-0.3, -0.25) is 4.90 Å². The Bertz CT molecular complexity index is 1060. The Labute approximate surface area is 187 Å². The Hall–Kier alpha value is -3.12. The first-order chi connectivity index (χ1) is 15.6. The number of aromatic nitrogens is 3. The predicted octanol–water partition coefficient (Wildman–Crippen LogP) is 2.21. The molecule has 0 amide bonds. The number of benzene rings is 1. The van der Waals surface area contributed by atoms with Crippen molar-refractivity contribution in [3.8, 4) is 17.6 Å². The molecule has 1 atom stereocenters. The van der Waals surface area contributed by atoms with Crippen molar-refractivity contribution in [3.05, 3.63) is 65.6 Å². The van der Waals surface area contributed by atoms with Crippen LogP contribution in [-0.2, 0) is 6.54 Å². The molecule has 8 nitrogen and oxygen atoms in total. The Morgan fingerprint density at radius 3 is 2.78 bits per heavy atom. The van der Waals surface area contributed by atoms with Gasteiger partial charge in [0.2, 0.25) is 5.76 Å². The van der Waals surface area contributed by atoms with Crippen molar-refractivity contribution in [2.45, 2.75) is 38.5 Å². The highest BCUT2D eigenvalue weighted by atomic mass is 16.5. The average Bonchev–Trinajstić information content (AvgIpc) is 3.41. The fourth-order valence-electron chi connectivity index (χ4n) is 3.61. The first kappa shape index (κ1) is 22.1. The Balaban J connectivity index is 1.27. The molecule has 8 heteroatoms. The van der Waals surface area contributed by atoms with Crippen LogP contribution in [-0.4, -0.2) is 62.2 Å². The molecule has 1 aliphatic rings. The van der Waals surface area contributed by atoms with Gasteiger partial charge in [0.25, 0.3) is 0 Å². The number of imidazole rings is 1. The molecule has 1 aliphatic heterocycles. The average molecular weight is 437 g/mol. The first-order valence-corrected chi connectivity index (χ1v) is 10.9. The number of ether oxygens (including phenoxy) is 1. The highest BCUT2D eigenvalue weighted by Crippen LogP contribution is 2.19. The smallest absolute Gasteiger partial charge is 0.210 e. The second-order valence-electron chi connectivity index (χ2n) is 7.98. The summed E-state index contributed by atoms with van der Waals surface area (Å²) in [6.07, 6.45) is 4.90. The molecule has 2 N–H and O–H groups in total. The molecular formula is C24H28N4O4. The number of aliphatic hydroxyl groups excluding tert-OH is 2. The number of hydrogen-bond acceptors (Lipinski definition) is 7. The maximum absolute atomic E-state index is 9.76. The summed E-state index contributed by atoms with van der Waals surface area (Å²) >= 11 is 0. The molecule has 1 aromatic carbocycles. The summed E-state index contributed by atoms with van der Waals surface area (Å²) in [5.74, 6) is 7.98. The lowest BCUT2D eigenvalue weighted by atomic mass is 10.1. The Morgan fingerprint density at radius 2 is 2.03 bits per heavy atom. The van der Waals surface area contributed by atoms with E-state index in [4.69, 9.17) is 14.4 Å². The molecule has 1 saturated heterocycles. The minimum atomic E-state index is -0.650. The minimum absolute atomic E-state index is 0.221. The molecule has 168 valence electrons. The molecule has 0 bridgehead atoms. The van der Waals surface area contributed by atoms with Gasteiger partial charge in [0.1, 0.15) is 29.5 Å². The van der Waals surface area contributed by atoms with E-state index in [1.54, 1.807) is 25.4 Å². The topological polar surface area (TPSA) is 96.8 Å². The number of rotatable bonds is 9. The van der Waals surface area contributed by atoms with Crippen molar-refractivity contribution >= 4 is 0 Å². The summed E-state index contributed by atoms with van der Waals surface area (Å²) in [5.41, 5.74) is 1.57. The van der Waals surface area contributed by atoms with Crippen molar-refractivity contribution < 1.29 is 19.5 Å². The van der Waals surface area contributed by atoms with E-state index in [9.17, 15) is 5.11 Å². The van der Waals surface area contributed by atoms with Crippen molar-refractivity contribution in [1.29, 1.82) is 0 Å². The lowest BCUT2D eigenvalue weighted by Crippen LogP contribution is -2.53. The van der Waals surface area contributed by atoms with Gasteiger partial charge in [0, 0.05) is 43.7 Å². The molecule has 1 fully saturated rings. The second-order valence-corrected chi connectivity index (χ2v) is 7.98. The van der Waals surface area contributed by atoms with Gasteiger partial charge < -0.3 is 24.0 Å². The Kier molecular flexibility index (Phi) is 7.22. The van der Waals surface area contributed by atoms with E-state index in [0.29, 0.717) is 23.8 Å². The van der Waals surface area contributed by atoms with Crippen molar-refractivity contribution in [2.24, 2.45) is 0 Å². The molecule has 4 rings (SSSR count). The van der Waals surface area contributed by atoms with Gasteiger partial charge in [-0.25, -0.2) is 4.98 Å². The second kappa shape index (κ2) is 10.5. The zero-order valence-electron chi connectivity index (χ0n) is 18.1. The molecule has 2 aromatic heterocycles. The molecule has 0 saturated carbocycles. The van der Waals surface area contributed by atoms with Crippen LogP contribution in [0.25, 0.3) is 0 Å². The third-order valence-electron chi connectivity index (χ3n) is 5.31. The number of likely N-dealkylation sites (tertiary alicyclic amines) is 1. The van der Waals surface area contributed by atoms with E-state index in [1.165, 1.54) is 0 Å². The van der Waals surface area contributed by atoms with Gasteiger partial charge in [-0.05, 0) is 56.5 Å². The van der Waals surface area contributed by atoms with Crippen LogP contribution < -0.4 is 4.74 Å². The van der Waals surface area contributed by atoms with E-state index >= 15 is 0 Å². The number of aliphatic hydroxyl groups is 2.